The van der Waals surface area contributed by atoms with Crippen LogP contribution in [0.3, 0.4) is 0 Å². The minimum Gasteiger partial charge on any atom is -0.346 e. The molecule has 0 aromatic heterocycles. The van der Waals surface area contributed by atoms with Gasteiger partial charge in [-0.2, -0.15) is 0 Å². The van der Waals surface area contributed by atoms with Crippen molar-refractivity contribution in [2.45, 2.75) is 38.1 Å². The number of carbonyl (C=O) groups excluding carboxylic acids is 1. The molecule has 0 aromatic carbocycles. The van der Waals surface area contributed by atoms with Crippen LogP contribution in [-0.4, -0.2) is 62.5 Å². The van der Waals surface area contributed by atoms with Gasteiger partial charge in [0.2, 0.25) is 5.91 Å². The average molecular weight is 241 g/mol. The predicted molar refractivity (Wildman–Crippen MR) is 71.1 cm³/mol. The number of likely N-dealkylation sites (tertiary alicyclic amines) is 1. The van der Waals surface area contributed by atoms with E-state index in [1.807, 2.05) is 19.0 Å². The lowest BCUT2D eigenvalue weighted by molar-refractivity contribution is -0.130. The molecule has 1 atom stereocenters. The van der Waals surface area contributed by atoms with Crippen molar-refractivity contribution in [2.24, 2.45) is 0 Å². The van der Waals surface area contributed by atoms with Crippen molar-refractivity contribution < 1.29 is 4.79 Å². The summed E-state index contributed by atoms with van der Waals surface area (Å²) >= 11 is 0. The van der Waals surface area contributed by atoms with E-state index in [0.29, 0.717) is 12.5 Å². The number of rotatable bonds is 6. The second-order valence-corrected chi connectivity index (χ2v) is 5.09. The Morgan fingerprint density at radius 2 is 2.24 bits per heavy atom. The first kappa shape index (κ1) is 14.5. The molecule has 0 aliphatic carbocycles. The van der Waals surface area contributed by atoms with E-state index >= 15 is 0 Å². The van der Waals surface area contributed by atoms with E-state index in [2.05, 4.69) is 17.3 Å². The fourth-order valence-corrected chi connectivity index (χ4v) is 2.40. The molecule has 1 rings (SSSR count). The van der Waals surface area contributed by atoms with Crippen LogP contribution in [0.1, 0.15) is 32.1 Å². The van der Waals surface area contributed by atoms with Crippen LogP contribution in [-0.2, 0) is 4.79 Å². The van der Waals surface area contributed by atoms with Crippen molar-refractivity contribution >= 4 is 5.91 Å². The first-order valence-electron chi connectivity index (χ1n) is 6.74. The lowest BCUT2D eigenvalue weighted by Crippen LogP contribution is -2.39. The van der Waals surface area contributed by atoms with Crippen molar-refractivity contribution in [1.29, 1.82) is 0 Å². The van der Waals surface area contributed by atoms with Crippen LogP contribution in [0.5, 0.6) is 0 Å². The van der Waals surface area contributed by atoms with E-state index < -0.39 is 0 Å². The lowest BCUT2D eigenvalue weighted by atomic mass is 10.00. The number of nitrogens with zero attached hydrogens (tertiary/aromatic N) is 2. The Kier molecular flexibility index (Phi) is 6.52. The smallest absolute Gasteiger partial charge is 0.223 e. The molecule has 1 heterocycles. The van der Waals surface area contributed by atoms with Crippen molar-refractivity contribution in [3.05, 3.63) is 0 Å². The zero-order chi connectivity index (χ0) is 12.7. The molecule has 1 aliphatic rings. The fourth-order valence-electron chi connectivity index (χ4n) is 2.40. The first-order valence-corrected chi connectivity index (χ1v) is 6.74. The Morgan fingerprint density at radius 1 is 1.47 bits per heavy atom. The molecule has 4 nitrogen and oxygen atoms in total. The van der Waals surface area contributed by atoms with Crippen molar-refractivity contribution in [3.63, 3.8) is 0 Å². The summed E-state index contributed by atoms with van der Waals surface area (Å²) < 4.78 is 0. The summed E-state index contributed by atoms with van der Waals surface area (Å²) in [7, 11) is 6.00. The monoisotopic (exact) mass is 241 g/mol. The van der Waals surface area contributed by atoms with Gasteiger partial charge in [-0.25, -0.2) is 0 Å². The summed E-state index contributed by atoms with van der Waals surface area (Å²) in [5.41, 5.74) is 0. The Labute approximate surface area is 105 Å². The number of hydrogen-bond acceptors (Lipinski definition) is 3. The van der Waals surface area contributed by atoms with Crippen LogP contribution in [0.2, 0.25) is 0 Å². The molecule has 100 valence electrons. The molecule has 0 spiro atoms. The van der Waals surface area contributed by atoms with E-state index in [0.717, 1.165) is 19.5 Å². The third-order valence-corrected chi connectivity index (χ3v) is 3.73. The van der Waals surface area contributed by atoms with Gasteiger partial charge >= 0.3 is 0 Å². The molecule has 0 bridgehead atoms. The molecule has 17 heavy (non-hydrogen) atoms. The SMILES string of the molecule is CNCCC(=O)N(C)CCC1CCCCN1C. The Balaban J connectivity index is 2.22. The Morgan fingerprint density at radius 3 is 2.88 bits per heavy atom. The molecule has 1 unspecified atom stereocenters. The maximum Gasteiger partial charge on any atom is 0.223 e. The summed E-state index contributed by atoms with van der Waals surface area (Å²) in [6, 6.07) is 0.670. The van der Waals surface area contributed by atoms with Crippen LogP contribution in [0.4, 0.5) is 0 Å². The Hall–Kier alpha value is -0.610. The molecule has 1 amide bonds. The number of carbonyl (C=O) groups is 1. The van der Waals surface area contributed by atoms with Crippen LogP contribution in [0.15, 0.2) is 0 Å². The molecule has 1 saturated heterocycles. The standard InChI is InChI=1S/C13H27N3O/c1-14-9-7-13(17)16(3)11-8-12-6-4-5-10-15(12)2/h12,14H,4-11H2,1-3H3. The highest BCUT2D eigenvalue weighted by atomic mass is 16.2. The number of amides is 1. The van der Waals surface area contributed by atoms with Gasteiger partial charge in [-0.15, -0.1) is 0 Å². The van der Waals surface area contributed by atoms with Gasteiger partial charge in [-0.3, -0.25) is 4.79 Å². The summed E-state index contributed by atoms with van der Waals surface area (Å²) in [6.07, 6.45) is 5.66. The number of hydrogen-bond donors (Lipinski definition) is 1. The van der Waals surface area contributed by atoms with E-state index in [-0.39, 0.29) is 5.91 Å². The molecule has 4 heteroatoms. The highest BCUT2D eigenvalue weighted by Crippen LogP contribution is 2.17. The molecule has 0 radical (unpaired) electrons. The van der Waals surface area contributed by atoms with Crippen molar-refractivity contribution in [3.8, 4) is 0 Å². The molecular weight excluding hydrogens is 214 g/mol. The van der Waals surface area contributed by atoms with Crippen molar-refractivity contribution in [1.82, 2.24) is 15.1 Å². The summed E-state index contributed by atoms with van der Waals surface area (Å²) in [6.45, 7) is 2.87. The summed E-state index contributed by atoms with van der Waals surface area (Å²) in [4.78, 5) is 16.0. The second kappa shape index (κ2) is 7.67. The summed E-state index contributed by atoms with van der Waals surface area (Å²) in [5, 5.41) is 3.01. The molecular formula is C13H27N3O. The van der Waals surface area contributed by atoms with Gasteiger partial charge in [0.15, 0.2) is 0 Å². The van der Waals surface area contributed by atoms with Gasteiger partial charge in [0.25, 0.3) is 0 Å². The minimum atomic E-state index is 0.248. The lowest BCUT2D eigenvalue weighted by Gasteiger charge is -2.33. The Bertz CT molecular complexity index is 233. The van der Waals surface area contributed by atoms with E-state index in [1.54, 1.807) is 0 Å². The molecule has 1 N–H and O–H groups in total. The van der Waals surface area contributed by atoms with Crippen LogP contribution < -0.4 is 5.32 Å². The molecule has 1 fully saturated rings. The largest absolute Gasteiger partial charge is 0.346 e. The molecule has 1 aliphatic heterocycles. The number of nitrogens with one attached hydrogen (secondary N) is 1. The zero-order valence-corrected chi connectivity index (χ0v) is 11.5. The van der Waals surface area contributed by atoms with E-state index in [9.17, 15) is 4.79 Å². The average Bonchev–Trinajstić information content (AvgIpc) is 2.34. The van der Waals surface area contributed by atoms with Crippen LogP contribution >= 0.6 is 0 Å². The summed E-state index contributed by atoms with van der Waals surface area (Å²) in [5.74, 6) is 0.248. The zero-order valence-electron chi connectivity index (χ0n) is 11.5. The molecule has 0 aromatic rings. The first-order chi connectivity index (χ1) is 8.15. The van der Waals surface area contributed by atoms with Crippen LogP contribution in [0, 0.1) is 0 Å². The third kappa shape index (κ3) is 5.04. The number of piperidine rings is 1. The van der Waals surface area contributed by atoms with Crippen molar-refractivity contribution in [2.75, 3.05) is 40.8 Å². The van der Waals surface area contributed by atoms with Gasteiger partial charge in [-0.05, 0) is 39.9 Å². The maximum absolute atomic E-state index is 11.7. The second-order valence-electron chi connectivity index (χ2n) is 5.09. The van der Waals surface area contributed by atoms with E-state index in [1.165, 1.54) is 25.8 Å². The normalized spacial score (nSPS) is 21.5. The predicted octanol–water partition coefficient (Wildman–Crippen LogP) is 0.929. The highest BCUT2D eigenvalue weighted by molar-refractivity contribution is 5.76. The third-order valence-electron chi connectivity index (χ3n) is 3.73. The van der Waals surface area contributed by atoms with Crippen LogP contribution in [0.25, 0.3) is 0 Å². The van der Waals surface area contributed by atoms with Gasteiger partial charge < -0.3 is 15.1 Å². The topological polar surface area (TPSA) is 35.6 Å². The van der Waals surface area contributed by atoms with E-state index in [4.69, 9.17) is 0 Å². The van der Waals surface area contributed by atoms with Gasteiger partial charge in [0, 0.05) is 32.6 Å². The highest BCUT2D eigenvalue weighted by Gasteiger charge is 2.19. The van der Waals surface area contributed by atoms with Gasteiger partial charge in [-0.1, -0.05) is 6.42 Å². The maximum atomic E-state index is 11.7. The fraction of sp³-hybridized carbons (Fsp3) is 0.923. The van der Waals surface area contributed by atoms with Gasteiger partial charge in [0.1, 0.15) is 0 Å². The quantitative estimate of drug-likeness (QED) is 0.751. The van der Waals surface area contributed by atoms with Gasteiger partial charge in [0.05, 0.1) is 0 Å². The minimum absolute atomic E-state index is 0.248. The molecule has 0 saturated carbocycles.